The molecule has 120 valence electrons. The molecular weight excluding hydrogens is 292 g/mol. The predicted octanol–water partition coefficient (Wildman–Crippen LogP) is 2.22. The maximum absolute atomic E-state index is 12.4. The first-order valence-electron chi connectivity index (χ1n) is 7.75. The summed E-state index contributed by atoms with van der Waals surface area (Å²) in [5, 5.41) is 0. The molecule has 1 amide bonds. The van der Waals surface area contributed by atoms with Gasteiger partial charge in [-0.3, -0.25) is 4.79 Å². The van der Waals surface area contributed by atoms with E-state index >= 15 is 0 Å². The standard InChI is InChI=1S/C18H20N2O3/c1-13-4-3-5-16(14(13)2)19-8-10-20(11-9-19)18(22)15-6-7-17(21)23-12-15/h3-7,12H,8-11H2,1-2H3. The van der Waals surface area contributed by atoms with Crippen molar-refractivity contribution in [2.24, 2.45) is 0 Å². The van der Waals surface area contributed by atoms with E-state index in [0.29, 0.717) is 18.7 Å². The lowest BCUT2D eigenvalue weighted by Crippen LogP contribution is -2.49. The van der Waals surface area contributed by atoms with Gasteiger partial charge in [-0.25, -0.2) is 4.79 Å². The summed E-state index contributed by atoms with van der Waals surface area (Å²) < 4.78 is 4.78. The molecule has 3 rings (SSSR count). The lowest BCUT2D eigenvalue weighted by molar-refractivity contribution is 0.0744. The summed E-state index contributed by atoms with van der Waals surface area (Å²) in [6.07, 6.45) is 1.24. The molecule has 1 aromatic heterocycles. The van der Waals surface area contributed by atoms with Gasteiger partial charge in [0.25, 0.3) is 5.91 Å². The zero-order valence-corrected chi connectivity index (χ0v) is 13.4. The summed E-state index contributed by atoms with van der Waals surface area (Å²) >= 11 is 0. The molecule has 5 nitrogen and oxygen atoms in total. The van der Waals surface area contributed by atoms with Crippen molar-refractivity contribution in [3.63, 3.8) is 0 Å². The van der Waals surface area contributed by atoms with Gasteiger partial charge >= 0.3 is 5.63 Å². The van der Waals surface area contributed by atoms with Crippen LogP contribution in [0, 0.1) is 13.8 Å². The maximum Gasteiger partial charge on any atom is 0.335 e. The highest BCUT2D eigenvalue weighted by Crippen LogP contribution is 2.24. The van der Waals surface area contributed by atoms with Crippen LogP contribution in [0.15, 0.2) is 45.8 Å². The largest absolute Gasteiger partial charge is 0.430 e. The summed E-state index contributed by atoms with van der Waals surface area (Å²) in [7, 11) is 0. The Hall–Kier alpha value is -2.56. The van der Waals surface area contributed by atoms with E-state index in [-0.39, 0.29) is 5.91 Å². The van der Waals surface area contributed by atoms with E-state index in [1.165, 1.54) is 35.2 Å². The van der Waals surface area contributed by atoms with Crippen molar-refractivity contribution in [3.05, 3.63) is 63.7 Å². The molecule has 0 spiro atoms. The van der Waals surface area contributed by atoms with E-state index in [1.807, 2.05) is 0 Å². The molecule has 2 aromatic rings. The molecule has 23 heavy (non-hydrogen) atoms. The summed E-state index contributed by atoms with van der Waals surface area (Å²) in [5.41, 5.74) is 3.78. The van der Waals surface area contributed by atoms with Gasteiger partial charge in [-0.2, -0.15) is 0 Å². The Morgan fingerprint density at radius 2 is 1.78 bits per heavy atom. The first-order chi connectivity index (χ1) is 11.1. The number of amides is 1. The van der Waals surface area contributed by atoms with Gasteiger partial charge in [0.1, 0.15) is 6.26 Å². The van der Waals surface area contributed by atoms with Crippen molar-refractivity contribution in [2.75, 3.05) is 31.1 Å². The lowest BCUT2D eigenvalue weighted by Gasteiger charge is -2.37. The van der Waals surface area contributed by atoms with E-state index in [2.05, 4.69) is 36.9 Å². The number of anilines is 1. The molecule has 1 aromatic carbocycles. The molecule has 1 saturated heterocycles. The smallest absolute Gasteiger partial charge is 0.335 e. The molecule has 0 N–H and O–H groups in total. The van der Waals surface area contributed by atoms with Crippen molar-refractivity contribution in [2.45, 2.75) is 13.8 Å². The van der Waals surface area contributed by atoms with Gasteiger partial charge < -0.3 is 14.2 Å². The average molecular weight is 312 g/mol. The molecule has 2 heterocycles. The monoisotopic (exact) mass is 312 g/mol. The lowest BCUT2D eigenvalue weighted by atomic mass is 10.1. The van der Waals surface area contributed by atoms with Crippen LogP contribution in [0.5, 0.6) is 0 Å². The molecule has 0 radical (unpaired) electrons. The number of piperazine rings is 1. The molecule has 0 saturated carbocycles. The molecule has 1 aliphatic rings. The Kier molecular flexibility index (Phi) is 4.19. The molecule has 0 aliphatic carbocycles. The Bertz CT molecular complexity index is 754. The van der Waals surface area contributed by atoms with Gasteiger partial charge in [0, 0.05) is 37.9 Å². The SMILES string of the molecule is Cc1cccc(N2CCN(C(=O)c3ccc(=O)oc3)CC2)c1C. The molecule has 0 unspecified atom stereocenters. The van der Waals surface area contributed by atoms with Crippen LogP contribution in [0.3, 0.4) is 0 Å². The zero-order valence-electron chi connectivity index (χ0n) is 13.4. The number of nitrogens with zero attached hydrogens (tertiary/aromatic N) is 2. The van der Waals surface area contributed by atoms with Crippen LogP contribution >= 0.6 is 0 Å². The third-order valence-electron chi connectivity index (χ3n) is 4.43. The van der Waals surface area contributed by atoms with E-state index in [4.69, 9.17) is 4.42 Å². The van der Waals surface area contributed by atoms with Crippen LogP contribution in [-0.4, -0.2) is 37.0 Å². The van der Waals surface area contributed by atoms with Gasteiger partial charge in [-0.05, 0) is 37.1 Å². The van der Waals surface area contributed by atoms with E-state index in [0.717, 1.165) is 13.1 Å². The zero-order chi connectivity index (χ0) is 16.4. The van der Waals surface area contributed by atoms with Gasteiger partial charge in [-0.15, -0.1) is 0 Å². The Morgan fingerprint density at radius 3 is 2.43 bits per heavy atom. The minimum Gasteiger partial charge on any atom is -0.430 e. The minimum absolute atomic E-state index is 0.0886. The van der Waals surface area contributed by atoms with Gasteiger partial charge in [0.05, 0.1) is 5.56 Å². The van der Waals surface area contributed by atoms with Crippen LogP contribution in [0.2, 0.25) is 0 Å². The molecule has 1 fully saturated rings. The third-order valence-corrected chi connectivity index (χ3v) is 4.43. The number of hydrogen-bond donors (Lipinski definition) is 0. The van der Waals surface area contributed by atoms with Crippen molar-refractivity contribution in [1.82, 2.24) is 4.90 Å². The van der Waals surface area contributed by atoms with Crippen LogP contribution in [-0.2, 0) is 0 Å². The topological polar surface area (TPSA) is 53.8 Å². The Balaban J connectivity index is 1.68. The third kappa shape index (κ3) is 3.13. The second-order valence-electron chi connectivity index (χ2n) is 5.84. The number of carbonyl (C=O) groups is 1. The van der Waals surface area contributed by atoms with Gasteiger partial charge in [0.15, 0.2) is 0 Å². The van der Waals surface area contributed by atoms with Crippen LogP contribution < -0.4 is 10.5 Å². The van der Waals surface area contributed by atoms with Crippen molar-refractivity contribution < 1.29 is 9.21 Å². The molecule has 5 heteroatoms. The van der Waals surface area contributed by atoms with E-state index < -0.39 is 5.63 Å². The molecule has 1 aliphatic heterocycles. The van der Waals surface area contributed by atoms with Gasteiger partial charge in [0.2, 0.25) is 0 Å². The van der Waals surface area contributed by atoms with Crippen LogP contribution in [0.25, 0.3) is 0 Å². The van der Waals surface area contributed by atoms with Gasteiger partial charge in [-0.1, -0.05) is 12.1 Å². The summed E-state index contributed by atoms with van der Waals surface area (Å²) in [6.45, 7) is 7.16. The number of aryl methyl sites for hydroxylation is 1. The second kappa shape index (κ2) is 6.28. The maximum atomic E-state index is 12.4. The number of rotatable bonds is 2. The van der Waals surface area contributed by atoms with Crippen LogP contribution in [0.1, 0.15) is 21.5 Å². The minimum atomic E-state index is -0.443. The quantitative estimate of drug-likeness (QED) is 0.853. The first kappa shape index (κ1) is 15.3. The number of hydrogen-bond acceptors (Lipinski definition) is 4. The van der Waals surface area contributed by atoms with E-state index in [1.54, 1.807) is 4.90 Å². The Morgan fingerprint density at radius 1 is 1.04 bits per heavy atom. The van der Waals surface area contributed by atoms with E-state index in [9.17, 15) is 9.59 Å². The highest BCUT2D eigenvalue weighted by Gasteiger charge is 2.23. The fourth-order valence-corrected chi connectivity index (χ4v) is 2.89. The normalized spacial score (nSPS) is 14.9. The average Bonchev–Trinajstić information content (AvgIpc) is 2.58. The number of carbonyl (C=O) groups excluding carboxylic acids is 1. The van der Waals surface area contributed by atoms with Crippen molar-refractivity contribution in [1.29, 1.82) is 0 Å². The van der Waals surface area contributed by atoms with Crippen molar-refractivity contribution in [3.8, 4) is 0 Å². The highest BCUT2D eigenvalue weighted by molar-refractivity contribution is 5.93. The summed E-state index contributed by atoms with van der Waals surface area (Å²) in [4.78, 5) is 27.5. The first-order valence-corrected chi connectivity index (χ1v) is 7.75. The highest BCUT2D eigenvalue weighted by atomic mass is 16.4. The fourth-order valence-electron chi connectivity index (χ4n) is 2.89. The number of benzene rings is 1. The van der Waals surface area contributed by atoms with Crippen LogP contribution in [0.4, 0.5) is 5.69 Å². The molecule has 0 bridgehead atoms. The second-order valence-corrected chi connectivity index (χ2v) is 5.84. The Labute approximate surface area is 135 Å². The predicted molar refractivity (Wildman–Crippen MR) is 89.0 cm³/mol. The molecule has 0 atom stereocenters. The fraction of sp³-hybridized carbons (Fsp3) is 0.333. The van der Waals surface area contributed by atoms with Crippen molar-refractivity contribution >= 4 is 11.6 Å². The summed E-state index contributed by atoms with van der Waals surface area (Å²) in [5.74, 6) is -0.0886. The summed E-state index contributed by atoms with van der Waals surface area (Å²) in [6, 6.07) is 9.11. The molecular formula is C18H20N2O3.